The molecule has 0 saturated heterocycles. The summed E-state index contributed by atoms with van der Waals surface area (Å²) < 4.78 is 0. The van der Waals surface area contributed by atoms with Gasteiger partial charge in [0.1, 0.15) is 0 Å². The van der Waals surface area contributed by atoms with Gasteiger partial charge in [0.25, 0.3) is 0 Å². The fourth-order valence-corrected chi connectivity index (χ4v) is 1.05. The Morgan fingerprint density at radius 2 is 1.92 bits per heavy atom. The second-order valence-electron chi connectivity index (χ2n) is 2.86. The molecule has 0 aromatic heterocycles. The van der Waals surface area contributed by atoms with Crippen LogP contribution in [0.5, 0.6) is 0 Å². The summed E-state index contributed by atoms with van der Waals surface area (Å²) >= 11 is 5.17. The van der Waals surface area contributed by atoms with Crippen molar-refractivity contribution in [3.05, 3.63) is 12.2 Å². The molecule has 0 aliphatic rings. The van der Waals surface area contributed by atoms with E-state index in [4.69, 9.17) is 11.6 Å². The van der Waals surface area contributed by atoms with Crippen molar-refractivity contribution in [2.24, 2.45) is 0 Å². The molecule has 0 aromatic carbocycles. The molecule has 0 aliphatic carbocycles. The van der Waals surface area contributed by atoms with Gasteiger partial charge in [-0.05, 0) is 30.9 Å². The highest BCUT2D eigenvalue weighted by molar-refractivity contribution is 6.63. The summed E-state index contributed by atoms with van der Waals surface area (Å²) in [4.78, 5) is 10.3. The second kappa shape index (κ2) is 8.79. The van der Waals surface area contributed by atoms with E-state index in [2.05, 4.69) is 13.0 Å². The molecule has 0 heterocycles. The molecule has 0 amide bonds. The average molecular weight is 189 g/mol. The van der Waals surface area contributed by atoms with Crippen LogP contribution in [0.15, 0.2) is 12.2 Å². The highest BCUT2D eigenvalue weighted by Crippen LogP contribution is 2.01. The molecule has 70 valence electrons. The Morgan fingerprint density at radius 1 is 1.25 bits per heavy atom. The Morgan fingerprint density at radius 3 is 2.50 bits per heavy atom. The van der Waals surface area contributed by atoms with Crippen molar-refractivity contribution < 1.29 is 4.79 Å². The third kappa shape index (κ3) is 9.70. The molecule has 0 aliphatic heterocycles. The van der Waals surface area contributed by atoms with Crippen molar-refractivity contribution in [2.45, 2.75) is 45.4 Å². The Bertz CT molecular complexity index is 141. The monoisotopic (exact) mass is 188 g/mol. The van der Waals surface area contributed by atoms with Gasteiger partial charge in [-0.1, -0.05) is 31.9 Å². The molecule has 0 atom stereocenters. The minimum atomic E-state index is -0.242. The smallest absolute Gasteiger partial charge is 0.221 e. The predicted octanol–water partition coefficient (Wildman–Crippen LogP) is 3.67. The van der Waals surface area contributed by atoms with Crippen molar-refractivity contribution >= 4 is 16.8 Å². The van der Waals surface area contributed by atoms with Crippen molar-refractivity contribution in [1.29, 1.82) is 0 Å². The van der Waals surface area contributed by atoms with E-state index in [1.165, 1.54) is 19.3 Å². The average Bonchev–Trinajstić information content (AvgIpc) is 2.02. The summed E-state index contributed by atoms with van der Waals surface area (Å²) in [5.74, 6) is 0. The normalized spacial score (nSPS) is 10.8. The van der Waals surface area contributed by atoms with Crippen LogP contribution in [-0.4, -0.2) is 5.24 Å². The predicted molar refractivity (Wildman–Crippen MR) is 53.4 cm³/mol. The van der Waals surface area contributed by atoms with Crippen LogP contribution in [-0.2, 0) is 4.79 Å². The molecule has 0 rings (SSSR count). The van der Waals surface area contributed by atoms with Crippen LogP contribution in [0.4, 0.5) is 0 Å². The zero-order valence-electron chi connectivity index (χ0n) is 7.68. The highest BCUT2D eigenvalue weighted by Gasteiger charge is 1.90. The number of allylic oxidation sites excluding steroid dienone is 2. The topological polar surface area (TPSA) is 17.1 Å². The first-order valence-corrected chi connectivity index (χ1v) is 4.98. The maximum Gasteiger partial charge on any atom is 0.221 e. The van der Waals surface area contributed by atoms with Crippen molar-refractivity contribution in [3.8, 4) is 0 Å². The van der Waals surface area contributed by atoms with E-state index in [0.29, 0.717) is 6.42 Å². The fourth-order valence-electron chi connectivity index (χ4n) is 0.945. The first-order chi connectivity index (χ1) is 5.77. The van der Waals surface area contributed by atoms with E-state index in [-0.39, 0.29) is 5.24 Å². The lowest BCUT2D eigenvalue weighted by atomic mass is 10.2. The van der Waals surface area contributed by atoms with Gasteiger partial charge in [-0.15, -0.1) is 0 Å². The van der Waals surface area contributed by atoms with E-state index in [9.17, 15) is 4.79 Å². The summed E-state index contributed by atoms with van der Waals surface area (Å²) in [6.45, 7) is 2.19. The first-order valence-electron chi connectivity index (χ1n) is 4.60. The van der Waals surface area contributed by atoms with Crippen LogP contribution in [0, 0.1) is 0 Å². The number of hydrogen-bond acceptors (Lipinski definition) is 1. The SMILES string of the molecule is CCCCCC=CCCC(=O)Cl. The van der Waals surface area contributed by atoms with Gasteiger partial charge < -0.3 is 0 Å². The lowest BCUT2D eigenvalue weighted by Gasteiger charge is -1.91. The third-order valence-corrected chi connectivity index (χ3v) is 1.84. The molecule has 0 radical (unpaired) electrons. The number of halogens is 1. The number of rotatable bonds is 7. The van der Waals surface area contributed by atoms with Crippen LogP contribution in [0.1, 0.15) is 45.4 Å². The quantitative estimate of drug-likeness (QED) is 0.339. The van der Waals surface area contributed by atoms with Gasteiger partial charge in [-0.3, -0.25) is 4.79 Å². The Hall–Kier alpha value is -0.300. The summed E-state index contributed by atoms with van der Waals surface area (Å²) in [6, 6.07) is 0. The number of hydrogen-bond donors (Lipinski definition) is 0. The largest absolute Gasteiger partial charge is 0.281 e. The van der Waals surface area contributed by atoms with Crippen LogP contribution < -0.4 is 0 Å². The van der Waals surface area contributed by atoms with Crippen molar-refractivity contribution in [2.75, 3.05) is 0 Å². The standard InChI is InChI=1S/C10H17ClO/c1-2-3-4-5-6-7-8-9-10(11)12/h6-7H,2-5,8-9H2,1H3. The Kier molecular flexibility index (Phi) is 8.57. The van der Waals surface area contributed by atoms with Gasteiger partial charge in [-0.2, -0.15) is 0 Å². The summed E-state index contributed by atoms with van der Waals surface area (Å²) in [7, 11) is 0. The van der Waals surface area contributed by atoms with Gasteiger partial charge in [0.15, 0.2) is 0 Å². The fraction of sp³-hybridized carbons (Fsp3) is 0.700. The first kappa shape index (κ1) is 11.7. The minimum Gasteiger partial charge on any atom is -0.281 e. The molecule has 0 bridgehead atoms. The Balaban J connectivity index is 3.09. The number of carbonyl (C=O) groups is 1. The lowest BCUT2D eigenvalue weighted by Crippen LogP contribution is -1.82. The van der Waals surface area contributed by atoms with Gasteiger partial charge in [-0.25, -0.2) is 0 Å². The second-order valence-corrected chi connectivity index (χ2v) is 3.28. The van der Waals surface area contributed by atoms with Gasteiger partial charge in [0, 0.05) is 6.42 Å². The zero-order valence-corrected chi connectivity index (χ0v) is 8.44. The molecule has 0 saturated carbocycles. The highest BCUT2D eigenvalue weighted by atomic mass is 35.5. The summed E-state index contributed by atoms with van der Waals surface area (Å²) in [5.41, 5.74) is 0. The van der Waals surface area contributed by atoms with Crippen LogP contribution in [0.25, 0.3) is 0 Å². The van der Waals surface area contributed by atoms with E-state index in [0.717, 1.165) is 12.8 Å². The molecule has 12 heavy (non-hydrogen) atoms. The third-order valence-electron chi connectivity index (χ3n) is 1.65. The lowest BCUT2D eigenvalue weighted by molar-refractivity contribution is -0.111. The molecular formula is C10H17ClO. The molecule has 0 aromatic rings. The molecular weight excluding hydrogens is 172 g/mol. The number of unbranched alkanes of at least 4 members (excludes halogenated alkanes) is 3. The molecule has 2 heteroatoms. The van der Waals surface area contributed by atoms with Crippen LogP contribution in [0.3, 0.4) is 0 Å². The van der Waals surface area contributed by atoms with Gasteiger partial charge in [0.05, 0.1) is 0 Å². The molecule has 0 N–H and O–H groups in total. The Labute approximate surface area is 79.8 Å². The van der Waals surface area contributed by atoms with Crippen molar-refractivity contribution in [3.63, 3.8) is 0 Å². The van der Waals surface area contributed by atoms with Gasteiger partial charge >= 0.3 is 0 Å². The number of carbonyl (C=O) groups excluding carboxylic acids is 1. The van der Waals surface area contributed by atoms with Gasteiger partial charge in [0.2, 0.25) is 5.24 Å². The molecule has 1 nitrogen and oxygen atoms in total. The maximum atomic E-state index is 10.3. The minimum absolute atomic E-state index is 0.242. The summed E-state index contributed by atoms with van der Waals surface area (Å²) in [6.07, 6.45) is 10.4. The van der Waals surface area contributed by atoms with Crippen LogP contribution >= 0.6 is 11.6 Å². The van der Waals surface area contributed by atoms with Crippen molar-refractivity contribution in [1.82, 2.24) is 0 Å². The molecule has 0 spiro atoms. The molecule has 0 unspecified atom stereocenters. The van der Waals surface area contributed by atoms with E-state index in [1.54, 1.807) is 0 Å². The zero-order chi connectivity index (χ0) is 9.23. The van der Waals surface area contributed by atoms with E-state index < -0.39 is 0 Å². The van der Waals surface area contributed by atoms with Crippen LogP contribution in [0.2, 0.25) is 0 Å². The summed E-state index contributed by atoms with van der Waals surface area (Å²) in [5, 5.41) is -0.242. The maximum absolute atomic E-state index is 10.3. The van der Waals surface area contributed by atoms with E-state index in [1.807, 2.05) is 6.08 Å². The molecule has 0 fully saturated rings. The van der Waals surface area contributed by atoms with E-state index >= 15 is 0 Å².